The van der Waals surface area contributed by atoms with E-state index >= 15 is 0 Å². The Bertz CT molecular complexity index is 692. The number of hydrogen-bond donors (Lipinski definition) is 2. The van der Waals surface area contributed by atoms with Crippen molar-refractivity contribution in [1.82, 2.24) is 0 Å². The number of benzene rings is 1. The molecule has 1 aromatic rings. The summed E-state index contributed by atoms with van der Waals surface area (Å²) < 4.78 is 11.6. The van der Waals surface area contributed by atoms with Crippen molar-refractivity contribution in [1.29, 1.82) is 0 Å². The van der Waals surface area contributed by atoms with Crippen LogP contribution >= 0.6 is 0 Å². The number of carbonyl (C=O) groups is 1. The number of phenols is 1. The number of fused-ring (bicyclic) bond motifs is 1. The first-order chi connectivity index (χ1) is 11.7. The van der Waals surface area contributed by atoms with E-state index in [9.17, 15) is 15.0 Å². The van der Waals surface area contributed by atoms with Crippen molar-refractivity contribution in [2.75, 3.05) is 0 Å². The lowest BCUT2D eigenvalue weighted by Crippen LogP contribution is -2.34. The van der Waals surface area contributed by atoms with E-state index in [0.717, 1.165) is 40.8 Å². The fourth-order valence-electron chi connectivity index (χ4n) is 3.91. The van der Waals surface area contributed by atoms with Crippen molar-refractivity contribution in [2.24, 2.45) is 0 Å². The number of cyclic esters (lactones) is 1. The number of aliphatic hydroxyl groups excluding tert-OH is 1. The van der Waals surface area contributed by atoms with Crippen LogP contribution in [-0.2, 0) is 22.4 Å². The second kappa shape index (κ2) is 6.52. The number of aliphatic hydroxyl groups is 1. The van der Waals surface area contributed by atoms with Gasteiger partial charge in [0.1, 0.15) is 23.2 Å². The number of esters is 1. The molecule has 2 aliphatic rings. The average Bonchev–Trinajstić information content (AvgIpc) is 2.51. The summed E-state index contributed by atoms with van der Waals surface area (Å²) in [5.41, 5.74) is 3.56. The first-order valence-corrected chi connectivity index (χ1v) is 9.08. The number of hydrogen-bond acceptors (Lipinski definition) is 5. The predicted molar refractivity (Wildman–Crippen MR) is 94.1 cm³/mol. The Labute approximate surface area is 149 Å². The van der Waals surface area contributed by atoms with E-state index in [4.69, 9.17) is 9.47 Å². The van der Waals surface area contributed by atoms with Gasteiger partial charge in [-0.25, -0.2) is 0 Å². The van der Waals surface area contributed by atoms with Crippen molar-refractivity contribution in [3.63, 3.8) is 0 Å². The average molecular weight is 348 g/mol. The zero-order valence-corrected chi connectivity index (χ0v) is 15.5. The highest BCUT2D eigenvalue weighted by Crippen LogP contribution is 2.44. The highest BCUT2D eigenvalue weighted by molar-refractivity contribution is 5.71. The fourth-order valence-corrected chi connectivity index (χ4v) is 3.91. The molecular formula is C20H28O5. The van der Waals surface area contributed by atoms with Gasteiger partial charge in [0.2, 0.25) is 0 Å². The third kappa shape index (κ3) is 3.61. The Hall–Kier alpha value is -1.75. The molecule has 0 spiro atoms. The molecule has 1 saturated heterocycles. The van der Waals surface area contributed by atoms with Gasteiger partial charge >= 0.3 is 5.97 Å². The van der Waals surface area contributed by atoms with Gasteiger partial charge < -0.3 is 19.7 Å². The summed E-state index contributed by atoms with van der Waals surface area (Å²) in [6, 6.07) is 0. The van der Waals surface area contributed by atoms with E-state index in [1.807, 2.05) is 13.8 Å². The van der Waals surface area contributed by atoms with Gasteiger partial charge in [0.05, 0.1) is 12.5 Å². The van der Waals surface area contributed by atoms with Crippen LogP contribution in [0.4, 0.5) is 0 Å². The molecule has 138 valence electrons. The molecule has 2 heterocycles. The molecule has 0 radical (unpaired) electrons. The Balaban J connectivity index is 1.88. The van der Waals surface area contributed by atoms with E-state index in [0.29, 0.717) is 25.0 Å². The molecule has 2 N–H and O–H groups in total. The van der Waals surface area contributed by atoms with Crippen molar-refractivity contribution in [3.05, 3.63) is 22.3 Å². The quantitative estimate of drug-likeness (QED) is 0.821. The second-order valence-electron chi connectivity index (χ2n) is 7.99. The lowest BCUT2D eigenvalue weighted by atomic mass is 9.86. The normalized spacial score (nSPS) is 25.1. The minimum atomic E-state index is -0.622. The first kappa shape index (κ1) is 18.1. The predicted octanol–water partition coefficient (Wildman–Crippen LogP) is 3.11. The van der Waals surface area contributed by atoms with Crippen LogP contribution in [0.1, 0.15) is 61.8 Å². The third-order valence-electron chi connectivity index (χ3n) is 5.47. The first-order valence-electron chi connectivity index (χ1n) is 9.08. The van der Waals surface area contributed by atoms with Gasteiger partial charge in [-0.2, -0.15) is 0 Å². The summed E-state index contributed by atoms with van der Waals surface area (Å²) in [6.45, 7) is 8.00. The molecule has 2 aliphatic heterocycles. The van der Waals surface area contributed by atoms with Crippen molar-refractivity contribution >= 4 is 5.97 Å². The van der Waals surface area contributed by atoms with Gasteiger partial charge in [0, 0.05) is 17.5 Å². The number of carbonyl (C=O) groups excluding carboxylic acids is 1. The number of phenolic OH excluding ortho intramolecular Hbond substituents is 1. The van der Waals surface area contributed by atoms with Crippen molar-refractivity contribution < 1.29 is 24.5 Å². The van der Waals surface area contributed by atoms with Crippen LogP contribution in [0, 0.1) is 13.8 Å². The van der Waals surface area contributed by atoms with Gasteiger partial charge in [0.15, 0.2) is 0 Å². The molecule has 3 rings (SSSR count). The van der Waals surface area contributed by atoms with Gasteiger partial charge in [-0.15, -0.1) is 0 Å². The Kier molecular flexibility index (Phi) is 4.71. The largest absolute Gasteiger partial charge is 0.507 e. The standard InChI is InChI=1S/C20H28O5/c1-11-15(6-5-14-9-13(21)10-17(22)24-14)19-16(12(2)18(11)23)7-8-20(3,4)25-19/h13-14,21,23H,5-10H2,1-4H3/t13-,14-/m1/s1. The van der Waals surface area contributed by atoms with Crippen LogP contribution in [0.15, 0.2) is 0 Å². The minimum absolute atomic E-state index is 0.0769. The van der Waals surface area contributed by atoms with Crippen LogP contribution in [-0.4, -0.2) is 34.0 Å². The third-order valence-corrected chi connectivity index (χ3v) is 5.47. The smallest absolute Gasteiger partial charge is 0.308 e. The number of ether oxygens (including phenoxy) is 2. The molecule has 0 aliphatic carbocycles. The molecule has 1 fully saturated rings. The lowest BCUT2D eigenvalue weighted by molar-refractivity contribution is -0.160. The second-order valence-corrected chi connectivity index (χ2v) is 7.99. The van der Waals surface area contributed by atoms with E-state index < -0.39 is 6.10 Å². The summed E-state index contributed by atoms with van der Waals surface area (Å²) in [5, 5.41) is 20.3. The molecular weight excluding hydrogens is 320 g/mol. The highest BCUT2D eigenvalue weighted by atomic mass is 16.5. The van der Waals surface area contributed by atoms with Crippen LogP contribution < -0.4 is 4.74 Å². The molecule has 0 unspecified atom stereocenters. The topological polar surface area (TPSA) is 76.0 Å². The van der Waals surface area contributed by atoms with Crippen LogP contribution in [0.5, 0.6) is 11.5 Å². The highest BCUT2D eigenvalue weighted by Gasteiger charge is 2.33. The zero-order chi connectivity index (χ0) is 18.4. The molecule has 0 aromatic heterocycles. The van der Waals surface area contributed by atoms with Gasteiger partial charge in [0.25, 0.3) is 0 Å². The van der Waals surface area contributed by atoms with Crippen LogP contribution in [0.2, 0.25) is 0 Å². The summed E-state index contributed by atoms with van der Waals surface area (Å²) >= 11 is 0. The van der Waals surface area contributed by atoms with Crippen LogP contribution in [0.3, 0.4) is 0 Å². The maximum atomic E-state index is 11.5. The zero-order valence-electron chi connectivity index (χ0n) is 15.5. The summed E-state index contributed by atoms with van der Waals surface area (Å²) in [7, 11) is 0. The van der Waals surface area contributed by atoms with Gasteiger partial charge in [-0.1, -0.05) is 0 Å². The number of aromatic hydroxyl groups is 1. The monoisotopic (exact) mass is 348 g/mol. The fraction of sp³-hybridized carbons (Fsp3) is 0.650. The lowest BCUT2D eigenvalue weighted by Gasteiger charge is -2.36. The maximum Gasteiger partial charge on any atom is 0.308 e. The SMILES string of the molecule is Cc1c(O)c(C)c2c(c1CC[C@@H]1C[C@@H](O)CC(=O)O1)OC(C)(C)CC2. The summed E-state index contributed by atoms with van der Waals surface area (Å²) in [4.78, 5) is 11.5. The van der Waals surface area contributed by atoms with Crippen molar-refractivity contribution in [2.45, 2.75) is 84.0 Å². The molecule has 25 heavy (non-hydrogen) atoms. The maximum absolute atomic E-state index is 11.5. The minimum Gasteiger partial charge on any atom is -0.507 e. The van der Waals surface area contributed by atoms with E-state index in [2.05, 4.69) is 13.8 Å². The molecule has 1 aromatic carbocycles. The van der Waals surface area contributed by atoms with E-state index in [1.165, 1.54) is 0 Å². The molecule has 2 atom stereocenters. The number of rotatable bonds is 3. The van der Waals surface area contributed by atoms with Gasteiger partial charge in [-0.3, -0.25) is 4.79 Å². The Morgan fingerprint density at radius 3 is 2.64 bits per heavy atom. The summed E-state index contributed by atoms with van der Waals surface area (Å²) in [6.07, 6.45) is 2.69. The molecule has 5 nitrogen and oxygen atoms in total. The summed E-state index contributed by atoms with van der Waals surface area (Å²) in [5.74, 6) is 0.871. The van der Waals surface area contributed by atoms with Crippen LogP contribution in [0.25, 0.3) is 0 Å². The van der Waals surface area contributed by atoms with E-state index in [-0.39, 0.29) is 24.1 Å². The molecule has 0 bridgehead atoms. The van der Waals surface area contributed by atoms with Crippen molar-refractivity contribution in [3.8, 4) is 11.5 Å². The Morgan fingerprint density at radius 2 is 1.96 bits per heavy atom. The van der Waals surface area contributed by atoms with Gasteiger partial charge in [-0.05, 0) is 64.5 Å². The molecule has 5 heteroatoms. The molecule has 0 saturated carbocycles. The Morgan fingerprint density at radius 1 is 1.24 bits per heavy atom. The molecule has 0 amide bonds. The van der Waals surface area contributed by atoms with E-state index in [1.54, 1.807) is 0 Å².